The molecular formula is C18H24N4O. The third-order valence-electron chi connectivity index (χ3n) is 4.49. The minimum Gasteiger partial charge on any atom is -0.362 e. The first-order chi connectivity index (χ1) is 11.1. The molecule has 122 valence electrons. The van der Waals surface area contributed by atoms with Gasteiger partial charge in [-0.2, -0.15) is 0 Å². The second kappa shape index (κ2) is 6.54. The van der Waals surface area contributed by atoms with Crippen molar-refractivity contribution in [2.24, 2.45) is 0 Å². The Hall–Kier alpha value is -2.14. The van der Waals surface area contributed by atoms with Crippen LogP contribution in [-0.4, -0.2) is 42.9 Å². The van der Waals surface area contributed by atoms with E-state index in [9.17, 15) is 0 Å². The first-order valence-corrected chi connectivity index (χ1v) is 8.05. The zero-order valence-electron chi connectivity index (χ0n) is 14.2. The average molecular weight is 312 g/mol. The zero-order chi connectivity index (χ0) is 16.4. The minimum absolute atomic E-state index is 0.128. The van der Waals surface area contributed by atoms with Crippen LogP contribution in [-0.2, 0) is 4.74 Å². The summed E-state index contributed by atoms with van der Waals surface area (Å²) in [5.74, 6) is 1.95. The highest BCUT2D eigenvalue weighted by Gasteiger charge is 2.30. The van der Waals surface area contributed by atoms with Crippen molar-refractivity contribution in [3.63, 3.8) is 0 Å². The topological polar surface area (TPSA) is 41.5 Å². The highest BCUT2D eigenvalue weighted by atomic mass is 16.5. The third-order valence-corrected chi connectivity index (χ3v) is 4.49. The number of methoxy groups -OCH3 is 1. The van der Waals surface area contributed by atoms with E-state index in [1.165, 1.54) is 0 Å². The molecule has 0 bridgehead atoms. The van der Waals surface area contributed by atoms with Crippen LogP contribution in [0.15, 0.2) is 36.7 Å². The Kier molecular flexibility index (Phi) is 4.48. The van der Waals surface area contributed by atoms with Crippen LogP contribution in [0.4, 0.5) is 11.6 Å². The molecule has 1 saturated heterocycles. The lowest BCUT2D eigenvalue weighted by Crippen LogP contribution is -2.49. The molecule has 0 radical (unpaired) electrons. The molecular weight excluding hydrogens is 288 g/mol. The van der Waals surface area contributed by atoms with Crippen LogP contribution in [0.3, 0.4) is 0 Å². The largest absolute Gasteiger partial charge is 0.362 e. The van der Waals surface area contributed by atoms with Gasteiger partial charge in [-0.15, -0.1) is 0 Å². The monoisotopic (exact) mass is 312 g/mol. The molecule has 5 nitrogen and oxygen atoms in total. The molecule has 1 fully saturated rings. The molecule has 3 rings (SSSR count). The van der Waals surface area contributed by atoms with Crippen molar-refractivity contribution in [1.29, 1.82) is 0 Å². The van der Waals surface area contributed by atoms with Gasteiger partial charge in [0, 0.05) is 56.7 Å². The van der Waals surface area contributed by atoms with E-state index >= 15 is 0 Å². The molecule has 2 aromatic rings. The highest BCUT2D eigenvalue weighted by Crippen LogP contribution is 2.34. The van der Waals surface area contributed by atoms with Crippen molar-refractivity contribution in [2.75, 3.05) is 30.5 Å². The van der Waals surface area contributed by atoms with Crippen molar-refractivity contribution in [3.8, 4) is 11.1 Å². The van der Waals surface area contributed by atoms with Gasteiger partial charge >= 0.3 is 0 Å². The first kappa shape index (κ1) is 15.7. The van der Waals surface area contributed by atoms with Gasteiger partial charge in [-0.05, 0) is 38.1 Å². The number of rotatable bonds is 5. The first-order valence-electron chi connectivity index (χ1n) is 8.05. The Balaban J connectivity index is 1.90. The third kappa shape index (κ3) is 3.01. The van der Waals surface area contributed by atoms with Crippen LogP contribution in [0.1, 0.15) is 20.3 Å². The fraction of sp³-hybridized carbons (Fsp3) is 0.444. The summed E-state index contributed by atoms with van der Waals surface area (Å²) in [5, 5.41) is 0. The van der Waals surface area contributed by atoms with Gasteiger partial charge < -0.3 is 14.5 Å². The summed E-state index contributed by atoms with van der Waals surface area (Å²) in [5.41, 5.74) is 2.18. The van der Waals surface area contributed by atoms with Gasteiger partial charge in [-0.3, -0.25) is 0 Å². The second-order valence-corrected chi connectivity index (χ2v) is 6.16. The quantitative estimate of drug-likeness (QED) is 0.848. The summed E-state index contributed by atoms with van der Waals surface area (Å²) < 4.78 is 5.48. The standard InChI is InChI=1S/C18H24N4O/c1-13(2)21(3)16-8-7-14(12-20-16)15-6-5-10-19-18(15)22-11-9-17(22)23-4/h5-8,10,12-13,17H,9,11H2,1-4H3. The van der Waals surface area contributed by atoms with Crippen LogP contribution in [0.25, 0.3) is 11.1 Å². The molecule has 5 heteroatoms. The maximum absolute atomic E-state index is 5.48. The van der Waals surface area contributed by atoms with Crippen LogP contribution in [0.2, 0.25) is 0 Å². The van der Waals surface area contributed by atoms with E-state index in [4.69, 9.17) is 4.74 Å². The predicted octanol–water partition coefficient (Wildman–Crippen LogP) is 3.17. The van der Waals surface area contributed by atoms with Gasteiger partial charge in [-0.1, -0.05) is 0 Å². The van der Waals surface area contributed by atoms with Crippen molar-refractivity contribution >= 4 is 11.6 Å². The molecule has 0 N–H and O–H groups in total. The summed E-state index contributed by atoms with van der Waals surface area (Å²) in [7, 11) is 3.81. The predicted molar refractivity (Wildman–Crippen MR) is 93.8 cm³/mol. The second-order valence-electron chi connectivity index (χ2n) is 6.16. The van der Waals surface area contributed by atoms with E-state index in [2.05, 4.69) is 58.9 Å². The molecule has 23 heavy (non-hydrogen) atoms. The molecule has 0 aromatic carbocycles. The Morgan fingerprint density at radius 3 is 2.65 bits per heavy atom. The number of pyridine rings is 2. The van der Waals surface area contributed by atoms with E-state index in [1.807, 2.05) is 18.5 Å². The van der Waals surface area contributed by atoms with E-state index in [0.717, 1.165) is 35.7 Å². The smallest absolute Gasteiger partial charge is 0.138 e. The van der Waals surface area contributed by atoms with Gasteiger partial charge in [-0.25, -0.2) is 9.97 Å². The van der Waals surface area contributed by atoms with Gasteiger partial charge in [0.25, 0.3) is 0 Å². The lowest BCUT2D eigenvalue weighted by molar-refractivity contribution is 0.0552. The van der Waals surface area contributed by atoms with E-state index in [1.54, 1.807) is 7.11 Å². The molecule has 0 spiro atoms. The summed E-state index contributed by atoms with van der Waals surface area (Å²) in [4.78, 5) is 13.5. The molecule has 3 heterocycles. The summed E-state index contributed by atoms with van der Waals surface area (Å²) in [6.07, 6.45) is 4.93. The van der Waals surface area contributed by atoms with Gasteiger partial charge in [0.2, 0.25) is 0 Å². The molecule has 1 atom stereocenters. The summed E-state index contributed by atoms with van der Waals surface area (Å²) in [6.45, 7) is 5.29. The number of hydrogen-bond donors (Lipinski definition) is 0. The van der Waals surface area contributed by atoms with Gasteiger partial charge in [0.15, 0.2) is 0 Å². The number of ether oxygens (including phenoxy) is 1. The Morgan fingerprint density at radius 2 is 2.09 bits per heavy atom. The fourth-order valence-electron chi connectivity index (χ4n) is 2.72. The summed E-state index contributed by atoms with van der Waals surface area (Å²) >= 11 is 0. The number of hydrogen-bond acceptors (Lipinski definition) is 5. The molecule has 0 saturated carbocycles. The number of anilines is 2. The van der Waals surface area contributed by atoms with E-state index in [-0.39, 0.29) is 6.23 Å². The SMILES string of the molecule is COC1CCN1c1ncccc1-c1ccc(N(C)C(C)C)nc1. The number of nitrogens with zero attached hydrogens (tertiary/aromatic N) is 4. The van der Waals surface area contributed by atoms with E-state index < -0.39 is 0 Å². The number of aromatic nitrogens is 2. The van der Waals surface area contributed by atoms with Crippen LogP contribution < -0.4 is 9.80 Å². The van der Waals surface area contributed by atoms with Crippen molar-refractivity contribution in [1.82, 2.24) is 9.97 Å². The van der Waals surface area contributed by atoms with Crippen LogP contribution >= 0.6 is 0 Å². The van der Waals surface area contributed by atoms with Crippen molar-refractivity contribution in [3.05, 3.63) is 36.7 Å². The lowest BCUT2D eigenvalue weighted by Gasteiger charge is -2.41. The van der Waals surface area contributed by atoms with Crippen LogP contribution in [0.5, 0.6) is 0 Å². The van der Waals surface area contributed by atoms with Gasteiger partial charge in [0.1, 0.15) is 17.9 Å². The maximum Gasteiger partial charge on any atom is 0.138 e. The maximum atomic E-state index is 5.48. The Bertz CT molecular complexity index is 654. The molecule has 1 aliphatic heterocycles. The molecule has 1 aliphatic rings. The average Bonchev–Trinajstić information content (AvgIpc) is 2.54. The van der Waals surface area contributed by atoms with Crippen molar-refractivity contribution in [2.45, 2.75) is 32.5 Å². The molecule has 2 aromatic heterocycles. The molecule has 0 aliphatic carbocycles. The Labute approximate surface area is 137 Å². The summed E-state index contributed by atoms with van der Waals surface area (Å²) in [6, 6.07) is 8.66. The highest BCUT2D eigenvalue weighted by molar-refractivity contribution is 5.76. The lowest BCUT2D eigenvalue weighted by atomic mass is 10.1. The zero-order valence-corrected chi connectivity index (χ0v) is 14.2. The molecule has 1 unspecified atom stereocenters. The van der Waals surface area contributed by atoms with Gasteiger partial charge in [0.05, 0.1) is 0 Å². The Morgan fingerprint density at radius 1 is 1.26 bits per heavy atom. The molecule has 0 amide bonds. The van der Waals surface area contributed by atoms with E-state index in [0.29, 0.717) is 6.04 Å². The fourth-order valence-corrected chi connectivity index (χ4v) is 2.72. The minimum atomic E-state index is 0.128. The van der Waals surface area contributed by atoms with Crippen molar-refractivity contribution < 1.29 is 4.74 Å². The van der Waals surface area contributed by atoms with Crippen LogP contribution in [0, 0.1) is 0 Å². The normalized spacial score (nSPS) is 17.3.